The van der Waals surface area contributed by atoms with Gasteiger partial charge >= 0.3 is 0 Å². The molecule has 0 aliphatic carbocycles. The number of aryl methyl sites for hydroxylation is 1. The smallest absolute Gasteiger partial charge is 0.222 e. The zero-order valence-electron chi connectivity index (χ0n) is 12.6. The monoisotopic (exact) mass is 313 g/mol. The van der Waals surface area contributed by atoms with Crippen molar-refractivity contribution >= 4 is 29.9 Å². The molecule has 0 atom stereocenters. The molecule has 6 heteroatoms. The maximum Gasteiger partial charge on any atom is 0.222 e. The SMILES string of the molecule is CN(C)C(=O)CCCNC(=O)CCc1ccccc1N.Cl. The molecular formula is C15H24ClN3O2. The van der Waals surface area contributed by atoms with Crippen molar-refractivity contribution in [3.63, 3.8) is 0 Å². The second-order valence-corrected chi connectivity index (χ2v) is 4.94. The maximum absolute atomic E-state index is 11.7. The molecule has 1 rings (SSSR count). The molecule has 0 saturated heterocycles. The fraction of sp³-hybridized carbons (Fsp3) is 0.467. The number of carbonyl (C=O) groups excluding carboxylic acids is 2. The fourth-order valence-corrected chi connectivity index (χ4v) is 1.79. The molecule has 0 aliphatic rings. The standard InChI is InChI=1S/C15H23N3O2.ClH/c1-18(2)15(20)8-5-11-17-14(19)10-9-12-6-3-4-7-13(12)16;/h3-4,6-7H,5,8-11,16H2,1-2H3,(H,17,19);1H. The van der Waals surface area contributed by atoms with Crippen LogP contribution in [0.4, 0.5) is 5.69 Å². The Kier molecular flexibility index (Phi) is 9.21. The Bertz CT molecular complexity index is 464. The van der Waals surface area contributed by atoms with Gasteiger partial charge in [0.15, 0.2) is 0 Å². The van der Waals surface area contributed by atoms with Crippen LogP contribution >= 0.6 is 12.4 Å². The Balaban J connectivity index is 0.00000400. The summed E-state index contributed by atoms with van der Waals surface area (Å²) in [5.41, 5.74) is 7.53. The summed E-state index contributed by atoms with van der Waals surface area (Å²) in [6.07, 6.45) is 2.17. The molecule has 1 aromatic carbocycles. The molecule has 0 aromatic heterocycles. The minimum absolute atomic E-state index is 0. The third-order valence-corrected chi connectivity index (χ3v) is 3.06. The molecule has 0 unspecified atom stereocenters. The summed E-state index contributed by atoms with van der Waals surface area (Å²) in [5.74, 6) is 0.0712. The Hall–Kier alpha value is -1.75. The summed E-state index contributed by atoms with van der Waals surface area (Å²) in [6.45, 7) is 0.530. The highest BCUT2D eigenvalue weighted by molar-refractivity contribution is 5.85. The third-order valence-electron chi connectivity index (χ3n) is 3.06. The summed E-state index contributed by atoms with van der Waals surface area (Å²) < 4.78 is 0. The number of para-hydroxylation sites is 1. The zero-order valence-corrected chi connectivity index (χ0v) is 13.4. The number of nitrogen functional groups attached to an aromatic ring is 1. The summed E-state index contributed by atoms with van der Waals surface area (Å²) in [5, 5.41) is 2.82. The normalized spacial score (nSPS) is 9.62. The molecule has 0 heterocycles. The van der Waals surface area contributed by atoms with Crippen LogP contribution in [0.25, 0.3) is 0 Å². The molecule has 0 fully saturated rings. The van der Waals surface area contributed by atoms with Gasteiger partial charge in [0, 0.05) is 39.2 Å². The van der Waals surface area contributed by atoms with Crippen LogP contribution in [-0.4, -0.2) is 37.4 Å². The van der Waals surface area contributed by atoms with Crippen molar-refractivity contribution in [2.75, 3.05) is 26.4 Å². The molecule has 0 bridgehead atoms. The number of amides is 2. The number of nitrogens with one attached hydrogen (secondary N) is 1. The number of halogens is 1. The third kappa shape index (κ3) is 7.56. The Morgan fingerprint density at radius 1 is 1.19 bits per heavy atom. The van der Waals surface area contributed by atoms with Gasteiger partial charge in [-0.15, -0.1) is 12.4 Å². The molecule has 0 radical (unpaired) electrons. The van der Waals surface area contributed by atoms with Crippen molar-refractivity contribution in [2.45, 2.75) is 25.7 Å². The lowest BCUT2D eigenvalue weighted by Gasteiger charge is -2.10. The van der Waals surface area contributed by atoms with Crippen molar-refractivity contribution in [3.8, 4) is 0 Å². The summed E-state index contributed by atoms with van der Waals surface area (Å²) >= 11 is 0. The van der Waals surface area contributed by atoms with E-state index in [1.807, 2.05) is 24.3 Å². The van der Waals surface area contributed by atoms with Crippen LogP contribution in [0.1, 0.15) is 24.8 Å². The van der Waals surface area contributed by atoms with Crippen molar-refractivity contribution in [2.24, 2.45) is 0 Å². The van der Waals surface area contributed by atoms with E-state index in [0.29, 0.717) is 32.2 Å². The summed E-state index contributed by atoms with van der Waals surface area (Å²) in [4.78, 5) is 24.5. The van der Waals surface area contributed by atoms with Crippen LogP contribution in [0, 0.1) is 0 Å². The number of anilines is 1. The molecule has 2 amide bonds. The van der Waals surface area contributed by atoms with Crippen LogP contribution in [0.5, 0.6) is 0 Å². The largest absolute Gasteiger partial charge is 0.399 e. The average Bonchev–Trinajstić information content (AvgIpc) is 2.42. The highest BCUT2D eigenvalue weighted by atomic mass is 35.5. The summed E-state index contributed by atoms with van der Waals surface area (Å²) in [6, 6.07) is 7.55. The molecule has 5 nitrogen and oxygen atoms in total. The molecule has 21 heavy (non-hydrogen) atoms. The van der Waals surface area contributed by atoms with Gasteiger partial charge in [-0.3, -0.25) is 9.59 Å². The highest BCUT2D eigenvalue weighted by Gasteiger charge is 2.06. The maximum atomic E-state index is 11.7. The molecule has 0 saturated carbocycles. The van der Waals surface area contributed by atoms with Gasteiger partial charge in [0.1, 0.15) is 0 Å². The van der Waals surface area contributed by atoms with E-state index >= 15 is 0 Å². The molecule has 1 aromatic rings. The molecular weight excluding hydrogens is 290 g/mol. The first-order valence-corrected chi connectivity index (χ1v) is 6.81. The van der Waals surface area contributed by atoms with E-state index in [1.165, 1.54) is 0 Å². The van der Waals surface area contributed by atoms with Crippen molar-refractivity contribution in [3.05, 3.63) is 29.8 Å². The van der Waals surface area contributed by atoms with Gasteiger partial charge in [-0.1, -0.05) is 18.2 Å². The fourth-order valence-electron chi connectivity index (χ4n) is 1.79. The topological polar surface area (TPSA) is 75.4 Å². The van der Waals surface area contributed by atoms with Crippen molar-refractivity contribution < 1.29 is 9.59 Å². The van der Waals surface area contributed by atoms with E-state index in [0.717, 1.165) is 11.3 Å². The van der Waals surface area contributed by atoms with E-state index < -0.39 is 0 Å². The quantitative estimate of drug-likeness (QED) is 0.593. The second-order valence-electron chi connectivity index (χ2n) is 4.94. The number of nitrogens with two attached hydrogens (primary N) is 1. The minimum Gasteiger partial charge on any atom is -0.399 e. The number of hydrogen-bond acceptors (Lipinski definition) is 3. The average molecular weight is 314 g/mol. The predicted molar refractivity (Wildman–Crippen MR) is 87.4 cm³/mol. The Morgan fingerprint density at radius 2 is 1.86 bits per heavy atom. The minimum atomic E-state index is -0.00875. The lowest BCUT2D eigenvalue weighted by atomic mass is 10.1. The second kappa shape index (κ2) is 10.0. The lowest BCUT2D eigenvalue weighted by Crippen LogP contribution is -2.27. The van der Waals surface area contributed by atoms with Crippen molar-refractivity contribution in [1.29, 1.82) is 0 Å². The van der Waals surface area contributed by atoms with E-state index in [9.17, 15) is 9.59 Å². The molecule has 3 N–H and O–H groups in total. The molecule has 118 valence electrons. The first-order valence-electron chi connectivity index (χ1n) is 6.81. The highest BCUT2D eigenvalue weighted by Crippen LogP contribution is 2.12. The first kappa shape index (κ1) is 19.2. The zero-order chi connectivity index (χ0) is 15.0. The predicted octanol–water partition coefficient (Wildman–Crippen LogP) is 1.61. The van der Waals surface area contributed by atoms with Gasteiger partial charge in [-0.25, -0.2) is 0 Å². The van der Waals surface area contributed by atoms with E-state index in [-0.39, 0.29) is 24.2 Å². The molecule has 0 aliphatic heterocycles. The van der Waals surface area contributed by atoms with Gasteiger partial charge in [0.25, 0.3) is 0 Å². The Labute approximate surface area is 132 Å². The van der Waals surface area contributed by atoms with Crippen molar-refractivity contribution in [1.82, 2.24) is 10.2 Å². The number of hydrogen-bond donors (Lipinski definition) is 2. The van der Waals surface area contributed by atoms with Gasteiger partial charge in [0.05, 0.1) is 0 Å². The van der Waals surface area contributed by atoms with E-state index in [1.54, 1.807) is 19.0 Å². The van der Waals surface area contributed by atoms with E-state index in [4.69, 9.17) is 5.73 Å². The van der Waals surface area contributed by atoms with Gasteiger partial charge in [-0.2, -0.15) is 0 Å². The summed E-state index contributed by atoms with van der Waals surface area (Å²) in [7, 11) is 3.45. The van der Waals surface area contributed by atoms with Gasteiger partial charge in [-0.05, 0) is 24.5 Å². The van der Waals surface area contributed by atoms with E-state index in [2.05, 4.69) is 5.32 Å². The lowest BCUT2D eigenvalue weighted by molar-refractivity contribution is -0.129. The van der Waals surface area contributed by atoms with Gasteiger partial charge in [0.2, 0.25) is 11.8 Å². The van der Waals surface area contributed by atoms with Crippen LogP contribution in [0.15, 0.2) is 24.3 Å². The Morgan fingerprint density at radius 3 is 2.48 bits per heavy atom. The number of nitrogens with zero attached hydrogens (tertiary/aromatic N) is 1. The first-order chi connectivity index (χ1) is 9.50. The molecule has 0 spiro atoms. The van der Waals surface area contributed by atoms with Crippen LogP contribution in [0.2, 0.25) is 0 Å². The number of carbonyl (C=O) groups is 2. The van der Waals surface area contributed by atoms with Gasteiger partial charge < -0.3 is 16.0 Å². The van der Waals surface area contributed by atoms with Crippen LogP contribution in [-0.2, 0) is 16.0 Å². The van der Waals surface area contributed by atoms with Crippen LogP contribution < -0.4 is 11.1 Å². The number of rotatable bonds is 7. The number of benzene rings is 1. The van der Waals surface area contributed by atoms with Crippen LogP contribution in [0.3, 0.4) is 0 Å².